The standard InChI is InChI=1S/C21H21Cl2N3O/c1-14-10-15(2)26(24-14)12-16-6-4-7-17(11-16)21(27)25(3)13-18-8-5-9-19(22)20(18)23/h4-11H,12-13H2,1-3H3. The minimum atomic E-state index is -0.0683. The number of aromatic nitrogens is 2. The van der Waals surface area contributed by atoms with Crippen LogP contribution >= 0.6 is 23.2 Å². The lowest BCUT2D eigenvalue weighted by molar-refractivity contribution is 0.0785. The SMILES string of the molecule is Cc1cc(C)n(Cc2cccc(C(=O)N(C)Cc3cccc(Cl)c3Cl)c2)n1. The molecule has 0 aliphatic carbocycles. The Labute approximate surface area is 169 Å². The molecular formula is C21H21Cl2N3O. The van der Waals surface area contributed by atoms with Gasteiger partial charge in [-0.05, 0) is 49.2 Å². The molecule has 0 aliphatic heterocycles. The van der Waals surface area contributed by atoms with E-state index in [9.17, 15) is 4.79 Å². The summed E-state index contributed by atoms with van der Waals surface area (Å²) >= 11 is 12.3. The van der Waals surface area contributed by atoms with Crippen molar-refractivity contribution in [3.05, 3.63) is 86.7 Å². The molecule has 0 saturated heterocycles. The number of benzene rings is 2. The number of halogens is 2. The number of aryl methyl sites for hydroxylation is 2. The highest BCUT2D eigenvalue weighted by molar-refractivity contribution is 6.42. The van der Waals surface area contributed by atoms with Crippen molar-refractivity contribution < 1.29 is 4.79 Å². The lowest BCUT2D eigenvalue weighted by Crippen LogP contribution is -2.26. The monoisotopic (exact) mass is 401 g/mol. The van der Waals surface area contributed by atoms with Gasteiger partial charge in [-0.2, -0.15) is 5.10 Å². The predicted molar refractivity (Wildman–Crippen MR) is 110 cm³/mol. The van der Waals surface area contributed by atoms with Crippen molar-refractivity contribution >= 4 is 29.1 Å². The number of hydrogen-bond donors (Lipinski definition) is 0. The fourth-order valence-electron chi connectivity index (χ4n) is 3.03. The molecule has 3 rings (SSSR count). The summed E-state index contributed by atoms with van der Waals surface area (Å²) in [7, 11) is 1.76. The molecule has 27 heavy (non-hydrogen) atoms. The van der Waals surface area contributed by atoms with Crippen LogP contribution in [0.15, 0.2) is 48.5 Å². The first-order chi connectivity index (χ1) is 12.8. The van der Waals surface area contributed by atoms with Gasteiger partial charge in [0.1, 0.15) is 0 Å². The first-order valence-corrected chi connectivity index (χ1v) is 9.39. The minimum absolute atomic E-state index is 0.0683. The third kappa shape index (κ3) is 4.52. The molecule has 0 atom stereocenters. The minimum Gasteiger partial charge on any atom is -0.337 e. The second-order valence-corrected chi connectivity index (χ2v) is 7.44. The van der Waals surface area contributed by atoms with Gasteiger partial charge in [-0.1, -0.05) is 47.5 Å². The summed E-state index contributed by atoms with van der Waals surface area (Å²) in [4.78, 5) is 14.5. The van der Waals surface area contributed by atoms with Crippen molar-refractivity contribution in [1.29, 1.82) is 0 Å². The molecule has 4 nitrogen and oxygen atoms in total. The molecule has 0 saturated carbocycles. The first kappa shape index (κ1) is 19.5. The van der Waals surface area contributed by atoms with Crippen molar-refractivity contribution in [3.63, 3.8) is 0 Å². The van der Waals surface area contributed by atoms with Crippen LogP contribution in [-0.4, -0.2) is 27.6 Å². The van der Waals surface area contributed by atoms with Crippen molar-refractivity contribution in [2.45, 2.75) is 26.9 Å². The molecule has 2 aromatic carbocycles. The molecule has 0 unspecified atom stereocenters. The molecular weight excluding hydrogens is 381 g/mol. The fraction of sp³-hybridized carbons (Fsp3) is 0.238. The van der Waals surface area contributed by atoms with Crippen molar-refractivity contribution in [3.8, 4) is 0 Å². The molecule has 6 heteroatoms. The second-order valence-electron chi connectivity index (χ2n) is 6.66. The van der Waals surface area contributed by atoms with Gasteiger partial charge >= 0.3 is 0 Å². The Balaban J connectivity index is 1.76. The smallest absolute Gasteiger partial charge is 0.253 e. The van der Waals surface area contributed by atoms with Gasteiger partial charge in [0.05, 0.1) is 22.3 Å². The van der Waals surface area contributed by atoms with Gasteiger partial charge in [0.25, 0.3) is 5.91 Å². The van der Waals surface area contributed by atoms with E-state index < -0.39 is 0 Å². The Hall–Kier alpha value is -2.30. The number of carbonyl (C=O) groups is 1. The number of rotatable bonds is 5. The molecule has 1 heterocycles. The normalized spacial score (nSPS) is 10.9. The topological polar surface area (TPSA) is 38.1 Å². The lowest BCUT2D eigenvalue weighted by Gasteiger charge is -2.19. The molecule has 140 valence electrons. The van der Waals surface area contributed by atoms with Gasteiger partial charge in [-0.25, -0.2) is 0 Å². The third-order valence-electron chi connectivity index (χ3n) is 4.40. The zero-order valence-corrected chi connectivity index (χ0v) is 17.1. The Morgan fingerprint density at radius 2 is 1.85 bits per heavy atom. The molecule has 0 radical (unpaired) electrons. The number of amides is 1. The highest BCUT2D eigenvalue weighted by Gasteiger charge is 2.15. The van der Waals surface area contributed by atoms with Gasteiger partial charge in [0, 0.05) is 24.8 Å². The second kappa shape index (κ2) is 8.15. The average Bonchev–Trinajstić information content (AvgIpc) is 2.95. The van der Waals surface area contributed by atoms with E-state index in [0.717, 1.165) is 22.5 Å². The van der Waals surface area contributed by atoms with Crippen LogP contribution in [0.5, 0.6) is 0 Å². The Morgan fingerprint density at radius 1 is 1.11 bits per heavy atom. The molecule has 0 aliphatic rings. The van der Waals surface area contributed by atoms with Crippen molar-refractivity contribution in [2.24, 2.45) is 0 Å². The lowest BCUT2D eigenvalue weighted by atomic mass is 10.1. The quantitative estimate of drug-likeness (QED) is 0.594. The average molecular weight is 402 g/mol. The highest BCUT2D eigenvalue weighted by Crippen LogP contribution is 2.26. The van der Waals surface area contributed by atoms with Crippen molar-refractivity contribution in [2.75, 3.05) is 7.05 Å². The third-order valence-corrected chi connectivity index (χ3v) is 5.25. The van der Waals surface area contributed by atoms with Crippen LogP contribution in [0, 0.1) is 13.8 Å². The van der Waals surface area contributed by atoms with Crippen LogP contribution < -0.4 is 0 Å². The first-order valence-electron chi connectivity index (χ1n) is 8.63. The molecule has 0 bridgehead atoms. The zero-order chi connectivity index (χ0) is 19.6. The Morgan fingerprint density at radius 3 is 2.56 bits per heavy atom. The summed E-state index contributed by atoms with van der Waals surface area (Å²) in [6, 6.07) is 15.1. The highest BCUT2D eigenvalue weighted by atomic mass is 35.5. The van der Waals surface area contributed by atoms with E-state index in [0.29, 0.717) is 28.7 Å². The molecule has 1 amide bonds. The number of carbonyl (C=O) groups excluding carboxylic acids is 1. The van der Waals surface area contributed by atoms with E-state index in [1.807, 2.05) is 61.0 Å². The maximum absolute atomic E-state index is 12.8. The molecule has 0 N–H and O–H groups in total. The largest absolute Gasteiger partial charge is 0.337 e. The summed E-state index contributed by atoms with van der Waals surface area (Å²) in [5, 5.41) is 5.45. The van der Waals surface area contributed by atoms with E-state index in [1.54, 1.807) is 18.0 Å². The van der Waals surface area contributed by atoms with Gasteiger partial charge in [-0.3, -0.25) is 9.48 Å². The summed E-state index contributed by atoms with van der Waals surface area (Å²) in [6.07, 6.45) is 0. The molecule has 0 spiro atoms. The summed E-state index contributed by atoms with van der Waals surface area (Å²) in [5.74, 6) is -0.0683. The summed E-state index contributed by atoms with van der Waals surface area (Å²) < 4.78 is 1.94. The summed E-state index contributed by atoms with van der Waals surface area (Å²) in [6.45, 7) is 5.02. The van der Waals surface area contributed by atoms with Crippen LogP contribution in [0.1, 0.15) is 32.9 Å². The maximum atomic E-state index is 12.8. The fourth-order valence-corrected chi connectivity index (χ4v) is 3.41. The molecule has 0 fully saturated rings. The van der Waals surface area contributed by atoms with E-state index in [2.05, 4.69) is 5.10 Å². The van der Waals surface area contributed by atoms with E-state index >= 15 is 0 Å². The molecule has 3 aromatic rings. The Bertz CT molecular complexity index is 981. The van der Waals surface area contributed by atoms with Crippen LogP contribution in [0.25, 0.3) is 0 Å². The predicted octanol–water partition coefficient (Wildman–Crippen LogP) is 5.13. The Kier molecular flexibility index (Phi) is 5.88. The van der Waals surface area contributed by atoms with Crippen LogP contribution in [-0.2, 0) is 13.1 Å². The number of nitrogens with zero attached hydrogens (tertiary/aromatic N) is 3. The van der Waals surface area contributed by atoms with Gasteiger partial charge in [0.2, 0.25) is 0 Å². The van der Waals surface area contributed by atoms with E-state index in [4.69, 9.17) is 23.2 Å². The van der Waals surface area contributed by atoms with E-state index in [-0.39, 0.29) is 5.91 Å². The van der Waals surface area contributed by atoms with Gasteiger partial charge in [0.15, 0.2) is 0 Å². The van der Waals surface area contributed by atoms with Crippen LogP contribution in [0.3, 0.4) is 0 Å². The van der Waals surface area contributed by atoms with Crippen molar-refractivity contribution in [1.82, 2.24) is 14.7 Å². The zero-order valence-electron chi connectivity index (χ0n) is 15.5. The molecule has 1 aromatic heterocycles. The van der Waals surface area contributed by atoms with Gasteiger partial charge < -0.3 is 4.90 Å². The summed E-state index contributed by atoms with van der Waals surface area (Å²) in [5.41, 5.74) is 4.56. The number of hydrogen-bond acceptors (Lipinski definition) is 2. The van der Waals surface area contributed by atoms with Crippen LogP contribution in [0.4, 0.5) is 0 Å². The van der Waals surface area contributed by atoms with Crippen LogP contribution in [0.2, 0.25) is 10.0 Å². The van der Waals surface area contributed by atoms with Gasteiger partial charge in [-0.15, -0.1) is 0 Å². The van der Waals surface area contributed by atoms with E-state index in [1.165, 1.54) is 0 Å². The maximum Gasteiger partial charge on any atom is 0.253 e.